The van der Waals surface area contributed by atoms with Crippen LogP contribution >= 0.6 is 0 Å². The van der Waals surface area contributed by atoms with Gasteiger partial charge in [-0.3, -0.25) is 9.59 Å². The van der Waals surface area contributed by atoms with Crippen molar-refractivity contribution in [2.75, 3.05) is 25.0 Å². The number of fused-ring (bicyclic) bond motifs is 1. The number of alkyl halides is 3. The fraction of sp³-hybridized carbons (Fsp3) is 0.737. The third kappa shape index (κ3) is 3.57. The third-order valence-corrected chi connectivity index (χ3v) is 6.22. The van der Waals surface area contributed by atoms with Crippen LogP contribution in [0, 0.1) is 5.92 Å². The predicted molar refractivity (Wildman–Crippen MR) is 99.1 cm³/mol. The van der Waals surface area contributed by atoms with Crippen molar-refractivity contribution in [3.05, 3.63) is 11.8 Å². The summed E-state index contributed by atoms with van der Waals surface area (Å²) in [5, 5.41) is 7.35. The first kappa shape index (κ1) is 20.0. The molecule has 0 bridgehead atoms. The topological polar surface area (TPSA) is 70.5 Å². The second kappa shape index (κ2) is 7.21. The highest BCUT2D eigenvalue weighted by Gasteiger charge is 2.46. The van der Waals surface area contributed by atoms with Crippen molar-refractivity contribution in [1.82, 2.24) is 19.6 Å². The van der Waals surface area contributed by atoms with E-state index in [-0.39, 0.29) is 42.7 Å². The van der Waals surface area contributed by atoms with Crippen molar-refractivity contribution < 1.29 is 22.8 Å². The number of carbonyl (C=O) groups excluding carboxylic acids is 2. The van der Waals surface area contributed by atoms with Gasteiger partial charge in [-0.05, 0) is 33.1 Å². The third-order valence-electron chi connectivity index (χ3n) is 6.22. The number of hydrogen-bond acceptors (Lipinski definition) is 4. The van der Waals surface area contributed by atoms with E-state index in [2.05, 4.69) is 10.4 Å². The smallest absolute Gasteiger partial charge is 0.368 e. The zero-order chi connectivity index (χ0) is 20.9. The number of amides is 2. The minimum absolute atomic E-state index is 0.0229. The number of halogens is 3. The Bertz CT molecular complexity index is 808. The van der Waals surface area contributed by atoms with E-state index in [9.17, 15) is 22.8 Å². The number of nitrogens with zero attached hydrogens (tertiary/aromatic N) is 4. The monoisotopic (exact) mass is 413 g/mol. The highest BCUT2D eigenvalue weighted by molar-refractivity contribution is 5.89. The summed E-state index contributed by atoms with van der Waals surface area (Å²) in [5.41, 5.74) is 0.485. The summed E-state index contributed by atoms with van der Waals surface area (Å²) in [6, 6.07) is -0.691. The molecule has 0 saturated carbocycles. The van der Waals surface area contributed by atoms with Gasteiger partial charge in [0.05, 0.1) is 17.7 Å². The van der Waals surface area contributed by atoms with Crippen molar-refractivity contribution >= 4 is 17.6 Å². The molecule has 1 aromatic rings. The first-order valence-electron chi connectivity index (χ1n) is 10.2. The van der Waals surface area contributed by atoms with Crippen LogP contribution in [0.4, 0.5) is 19.0 Å². The number of nitrogens with one attached hydrogen (secondary N) is 1. The van der Waals surface area contributed by atoms with E-state index in [1.165, 1.54) is 0 Å². The van der Waals surface area contributed by atoms with Crippen molar-refractivity contribution in [2.45, 2.75) is 63.8 Å². The maximum Gasteiger partial charge on any atom is 0.410 e. The molecule has 3 aliphatic heterocycles. The van der Waals surface area contributed by atoms with Crippen LogP contribution in [0.2, 0.25) is 0 Å². The molecule has 0 radical (unpaired) electrons. The standard InChI is InChI=1S/C19H26F3N5O2/c1-3-25-10-12(8-17(25)28)18(29)26-6-4-5-14(26)13-9-16-23-11(2)7-15(19(20,21)22)27(16)24-13/h9,11-12,14-15,23H,3-8,10H2,1-2H3/t11-,12-,14+,15-/m1/s1. The van der Waals surface area contributed by atoms with Crippen LogP contribution in [0.5, 0.6) is 0 Å². The van der Waals surface area contributed by atoms with Crippen LogP contribution in [0.15, 0.2) is 6.07 Å². The second-order valence-electron chi connectivity index (χ2n) is 8.26. The average molecular weight is 413 g/mol. The van der Waals surface area contributed by atoms with E-state index in [1.54, 1.807) is 22.8 Å². The molecule has 4 rings (SSSR count). The van der Waals surface area contributed by atoms with E-state index in [1.807, 2.05) is 6.92 Å². The summed E-state index contributed by atoms with van der Waals surface area (Å²) in [6.45, 7) is 5.12. The molecule has 2 saturated heterocycles. The first-order valence-corrected chi connectivity index (χ1v) is 10.2. The van der Waals surface area contributed by atoms with Gasteiger partial charge in [0.2, 0.25) is 11.8 Å². The molecule has 160 valence electrons. The van der Waals surface area contributed by atoms with Crippen LogP contribution in [0.3, 0.4) is 0 Å². The van der Waals surface area contributed by atoms with Gasteiger partial charge >= 0.3 is 6.18 Å². The minimum atomic E-state index is -4.38. The number of aromatic nitrogens is 2. The van der Waals surface area contributed by atoms with Crippen molar-refractivity contribution in [3.63, 3.8) is 0 Å². The lowest BCUT2D eigenvalue weighted by Gasteiger charge is -2.31. The Morgan fingerprint density at radius 3 is 2.79 bits per heavy atom. The molecule has 4 heterocycles. The number of rotatable bonds is 3. The van der Waals surface area contributed by atoms with Gasteiger partial charge < -0.3 is 15.1 Å². The molecule has 2 amide bonds. The Kier molecular flexibility index (Phi) is 4.98. The molecule has 0 spiro atoms. The molecule has 1 N–H and O–H groups in total. The molecule has 4 atom stereocenters. The Labute approximate surface area is 167 Å². The fourth-order valence-corrected chi connectivity index (χ4v) is 4.76. The summed E-state index contributed by atoms with van der Waals surface area (Å²) in [5.74, 6) is -0.170. The largest absolute Gasteiger partial charge is 0.410 e. The van der Waals surface area contributed by atoms with Gasteiger partial charge in [-0.1, -0.05) is 0 Å². The van der Waals surface area contributed by atoms with Crippen molar-refractivity contribution in [3.8, 4) is 0 Å². The summed E-state index contributed by atoms with van der Waals surface area (Å²) >= 11 is 0. The van der Waals surface area contributed by atoms with E-state index in [4.69, 9.17) is 0 Å². The molecule has 29 heavy (non-hydrogen) atoms. The van der Waals surface area contributed by atoms with E-state index >= 15 is 0 Å². The summed E-state index contributed by atoms with van der Waals surface area (Å²) in [4.78, 5) is 28.5. The normalized spacial score (nSPS) is 29.9. The molecule has 7 nitrogen and oxygen atoms in total. The fourth-order valence-electron chi connectivity index (χ4n) is 4.76. The van der Waals surface area contributed by atoms with Gasteiger partial charge in [0.25, 0.3) is 0 Å². The lowest BCUT2D eigenvalue weighted by Crippen LogP contribution is -2.38. The molecule has 0 aliphatic carbocycles. The molecule has 0 unspecified atom stereocenters. The molecule has 0 aromatic carbocycles. The summed E-state index contributed by atoms with van der Waals surface area (Å²) < 4.78 is 41.5. The first-order chi connectivity index (χ1) is 13.7. The van der Waals surface area contributed by atoms with Crippen LogP contribution in [0.25, 0.3) is 0 Å². The van der Waals surface area contributed by atoms with Gasteiger partial charge in [-0.25, -0.2) is 4.68 Å². The quantitative estimate of drug-likeness (QED) is 0.827. The zero-order valence-electron chi connectivity index (χ0n) is 16.6. The maximum absolute atomic E-state index is 13.5. The summed E-state index contributed by atoms with van der Waals surface area (Å²) in [6.07, 6.45) is -2.84. The van der Waals surface area contributed by atoms with Gasteiger partial charge in [-0.15, -0.1) is 0 Å². The van der Waals surface area contributed by atoms with Gasteiger partial charge in [0.1, 0.15) is 5.82 Å². The lowest BCUT2D eigenvalue weighted by molar-refractivity contribution is -0.173. The van der Waals surface area contributed by atoms with E-state index in [0.29, 0.717) is 37.6 Å². The van der Waals surface area contributed by atoms with Crippen LogP contribution < -0.4 is 5.32 Å². The van der Waals surface area contributed by atoms with Gasteiger partial charge in [-0.2, -0.15) is 18.3 Å². The number of carbonyl (C=O) groups is 2. The predicted octanol–water partition coefficient (Wildman–Crippen LogP) is 2.72. The Balaban J connectivity index is 1.57. The highest BCUT2D eigenvalue weighted by Crippen LogP contribution is 2.42. The Morgan fingerprint density at radius 2 is 2.14 bits per heavy atom. The Morgan fingerprint density at radius 1 is 1.38 bits per heavy atom. The molecule has 2 fully saturated rings. The average Bonchev–Trinajstić information content (AvgIpc) is 3.36. The van der Waals surface area contributed by atoms with E-state index in [0.717, 1.165) is 11.1 Å². The highest BCUT2D eigenvalue weighted by atomic mass is 19.4. The number of hydrogen-bond donors (Lipinski definition) is 1. The van der Waals surface area contributed by atoms with Gasteiger partial charge in [0.15, 0.2) is 6.04 Å². The van der Waals surface area contributed by atoms with Crippen molar-refractivity contribution in [2.24, 2.45) is 5.92 Å². The van der Waals surface area contributed by atoms with Crippen LogP contribution in [-0.2, 0) is 9.59 Å². The van der Waals surface area contributed by atoms with Crippen molar-refractivity contribution in [1.29, 1.82) is 0 Å². The minimum Gasteiger partial charge on any atom is -0.368 e. The number of anilines is 1. The Hall–Kier alpha value is -2.26. The summed E-state index contributed by atoms with van der Waals surface area (Å²) in [7, 11) is 0. The zero-order valence-corrected chi connectivity index (χ0v) is 16.6. The maximum atomic E-state index is 13.5. The second-order valence-corrected chi connectivity index (χ2v) is 8.26. The molecule has 10 heteroatoms. The number of likely N-dealkylation sites (tertiary alicyclic amines) is 2. The molecular weight excluding hydrogens is 387 g/mol. The van der Waals surface area contributed by atoms with Crippen LogP contribution in [0.1, 0.15) is 57.3 Å². The molecule has 1 aromatic heterocycles. The SMILES string of the molecule is CCN1C[C@H](C(=O)N2CCC[C@H]2c2cc3n(n2)[C@@H](C(F)(F)F)C[C@@H](C)N3)CC1=O. The lowest BCUT2D eigenvalue weighted by atomic mass is 10.0. The van der Waals surface area contributed by atoms with Gasteiger partial charge in [0, 0.05) is 38.2 Å². The van der Waals surface area contributed by atoms with E-state index < -0.39 is 12.2 Å². The van der Waals surface area contributed by atoms with Crippen LogP contribution in [-0.4, -0.2) is 63.2 Å². The molecule has 3 aliphatic rings. The molecular formula is C19H26F3N5O2.